The predicted octanol–water partition coefficient (Wildman–Crippen LogP) is 9.88. The summed E-state index contributed by atoms with van der Waals surface area (Å²) in [4.78, 5) is 19.8. The van der Waals surface area contributed by atoms with Crippen LogP contribution in [0.1, 0.15) is 0 Å². The molecule has 0 radical (unpaired) electrons. The van der Waals surface area contributed by atoms with Crippen LogP contribution < -0.4 is 0 Å². The van der Waals surface area contributed by atoms with E-state index in [4.69, 9.17) is 24.4 Å². The lowest BCUT2D eigenvalue weighted by molar-refractivity contribution is 0.671. The average molecular weight is 590 g/mol. The molecule has 6 heteroatoms. The highest BCUT2D eigenvalue weighted by molar-refractivity contribution is 6.22. The highest BCUT2D eigenvalue weighted by Gasteiger charge is 2.20. The van der Waals surface area contributed by atoms with Crippen molar-refractivity contribution in [2.24, 2.45) is 0 Å². The van der Waals surface area contributed by atoms with Crippen LogP contribution in [0.25, 0.3) is 94.5 Å². The van der Waals surface area contributed by atoms with Crippen LogP contribution in [0, 0.1) is 0 Å². The molecule has 0 amide bonds. The minimum Gasteiger partial charge on any atom is -0.454 e. The molecule has 0 aliphatic carbocycles. The zero-order chi connectivity index (χ0) is 30.2. The number of aromatic nitrogens is 5. The van der Waals surface area contributed by atoms with Gasteiger partial charge in [-0.3, -0.25) is 4.40 Å². The third-order valence-corrected chi connectivity index (χ3v) is 8.82. The molecule has 6 nitrogen and oxygen atoms in total. The van der Waals surface area contributed by atoms with Gasteiger partial charge < -0.3 is 4.42 Å². The van der Waals surface area contributed by atoms with Gasteiger partial charge in [0.1, 0.15) is 11.2 Å². The summed E-state index contributed by atoms with van der Waals surface area (Å²) in [7, 11) is 0. The molecule has 0 saturated heterocycles. The van der Waals surface area contributed by atoms with Crippen molar-refractivity contribution < 1.29 is 4.42 Å². The largest absolute Gasteiger partial charge is 0.454 e. The Hall–Kier alpha value is -6.40. The predicted molar refractivity (Wildman–Crippen MR) is 185 cm³/mol. The van der Waals surface area contributed by atoms with E-state index in [1.54, 1.807) is 0 Å². The summed E-state index contributed by atoms with van der Waals surface area (Å²) in [5, 5.41) is 5.47. The van der Waals surface area contributed by atoms with Gasteiger partial charge in [0.2, 0.25) is 0 Å². The molecule has 0 N–H and O–H groups in total. The van der Waals surface area contributed by atoms with E-state index in [0.717, 1.165) is 77.0 Å². The molecule has 0 fully saturated rings. The summed E-state index contributed by atoms with van der Waals surface area (Å²) >= 11 is 0. The standard InChI is InChI=1S/C40H23N5O/c1-3-11-24(12-4-1)37-42-38(25-13-5-2-6-14-25)44-39(43-37)26-19-20-28-30-22-21-29-27-15-7-8-16-31(27)40-41-32-17-9-10-18-33(32)45(40)35(29)36(30)46-34(28)23-26/h1-23H. The van der Waals surface area contributed by atoms with Gasteiger partial charge >= 0.3 is 0 Å². The average Bonchev–Trinajstić information content (AvgIpc) is 3.71. The minimum absolute atomic E-state index is 0.592. The lowest BCUT2D eigenvalue weighted by atomic mass is 10.0. The number of rotatable bonds is 3. The zero-order valence-corrected chi connectivity index (χ0v) is 24.4. The quantitative estimate of drug-likeness (QED) is 0.192. The Kier molecular flexibility index (Phi) is 5.19. The second kappa shape index (κ2) is 9.55. The van der Waals surface area contributed by atoms with Crippen LogP contribution in [-0.2, 0) is 0 Å². The maximum atomic E-state index is 6.81. The van der Waals surface area contributed by atoms with E-state index in [1.165, 1.54) is 0 Å². The molecule has 0 saturated carbocycles. The smallest absolute Gasteiger partial charge is 0.164 e. The van der Waals surface area contributed by atoms with Crippen molar-refractivity contribution in [2.75, 3.05) is 0 Å². The van der Waals surface area contributed by atoms with Gasteiger partial charge in [-0.05, 0) is 35.7 Å². The third kappa shape index (κ3) is 3.64. The molecule has 10 aromatic rings. The van der Waals surface area contributed by atoms with Crippen LogP contribution in [0.15, 0.2) is 144 Å². The summed E-state index contributed by atoms with van der Waals surface area (Å²) < 4.78 is 9.07. The Balaban J connectivity index is 1.25. The van der Waals surface area contributed by atoms with Crippen molar-refractivity contribution in [1.82, 2.24) is 24.3 Å². The van der Waals surface area contributed by atoms with E-state index >= 15 is 0 Å². The molecule has 0 aliphatic heterocycles. The van der Waals surface area contributed by atoms with Crippen molar-refractivity contribution in [3.8, 4) is 34.2 Å². The fraction of sp³-hybridized carbons (Fsp3) is 0. The van der Waals surface area contributed by atoms with Gasteiger partial charge in [-0.1, -0.05) is 109 Å². The molecule has 0 spiro atoms. The summed E-state index contributed by atoms with van der Waals surface area (Å²) in [5.41, 5.74) is 8.26. The SMILES string of the molecule is c1ccc(-c2nc(-c3ccccc3)nc(-c3ccc4c(c3)oc3c4ccc4c5ccccc5c5nc6ccccc6n5c43)n2)cc1. The first-order valence-corrected chi connectivity index (χ1v) is 15.2. The number of hydrogen-bond acceptors (Lipinski definition) is 5. The molecule has 46 heavy (non-hydrogen) atoms. The topological polar surface area (TPSA) is 69.1 Å². The lowest BCUT2D eigenvalue weighted by Crippen LogP contribution is -2.00. The van der Waals surface area contributed by atoms with Gasteiger partial charge in [-0.25, -0.2) is 19.9 Å². The van der Waals surface area contributed by atoms with Crippen LogP contribution in [0.2, 0.25) is 0 Å². The van der Waals surface area contributed by atoms with E-state index in [-0.39, 0.29) is 0 Å². The second-order valence-electron chi connectivity index (χ2n) is 11.5. The number of hydrogen-bond donors (Lipinski definition) is 0. The monoisotopic (exact) mass is 589 g/mol. The summed E-state index contributed by atoms with van der Waals surface area (Å²) in [5.74, 6) is 1.84. The van der Waals surface area contributed by atoms with Gasteiger partial charge in [0.25, 0.3) is 0 Å². The van der Waals surface area contributed by atoms with Crippen molar-refractivity contribution in [1.29, 1.82) is 0 Å². The lowest BCUT2D eigenvalue weighted by Gasteiger charge is -2.09. The van der Waals surface area contributed by atoms with E-state index in [9.17, 15) is 0 Å². The first kappa shape index (κ1) is 25.0. The van der Waals surface area contributed by atoms with Crippen LogP contribution in [0.3, 0.4) is 0 Å². The van der Waals surface area contributed by atoms with Crippen LogP contribution in [0.4, 0.5) is 0 Å². The zero-order valence-electron chi connectivity index (χ0n) is 24.4. The van der Waals surface area contributed by atoms with Crippen LogP contribution >= 0.6 is 0 Å². The summed E-state index contributed by atoms with van der Waals surface area (Å²) in [6, 6.07) is 47.4. The fourth-order valence-corrected chi connectivity index (χ4v) is 6.69. The third-order valence-electron chi connectivity index (χ3n) is 8.82. The molecule has 0 unspecified atom stereocenters. The molecule has 4 aromatic heterocycles. The van der Waals surface area contributed by atoms with Crippen molar-refractivity contribution in [3.05, 3.63) is 140 Å². The van der Waals surface area contributed by atoms with E-state index < -0.39 is 0 Å². The number of benzene rings is 6. The fourth-order valence-electron chi connectivity index (χ4n) is 6.69. The maximum absolute atomic E-state index is 6.81. The number of imidazole rings is 1. The first-order chi connectivity index (χ1) is 22.8. The number of para-hydroxylation sites is 2. The van der Waals surface area contributed by atoms with Gasteiger partial charge in [0.05, 0.1) is 16.6 Å². The Morgan fingerprint density at radius 2 is 1.02 bits per heavy atom. The summed E-state index contributed by atoms with van der Waals surface area (Å²) in [6.07, 6.45) is 0. The Morgan fingerprint density at radius 3 is 1.76 bits per heavy atom. The Bertz CT molecular complexity index is 2740. The number of furan rings is 1. The molecule has 6 aromatic carbocycles. The highest BCUT2D eigenvalue weighted by atomic mass is 16.3. The second-order valence-corrected chi connectivity index (χ2v) is 11.5. The Labute approximate surface area is 262 Å². The molecular formula is C40H23N5O. The van der Waals surface area contributed by atoms with E-state index in [0.29, 0.717) is 17.5 Å². The van der Waals surface area contributed by atoms with Crippen molar-refractivity contribution in [2.45, 2.75) is 0 Å². The van der Waals surface area contributed by atoms with Crippen molar-refractivity contribution in [3.63, 3.8) is 0 Å². The minimum atomic E-state index is 0.592. The summed E-state index contributed by atoms with van der Waals surface area (Å²) in [6.45, 7) is 0. The maximum Gasteiger partial charge on any atom is 0.164 e. The van der Waals surface area contributed by atoms with Gasteiger partial charge in [-0.2, -0.15) is 0 Å². The molecule has 0 atom stereocenters. The van der Waals surface area contributed by atoms with Crippen molar-refractivity contribution >= 4 is 60.3 Å². The van der Waals surface area contributed by atoms with E-state index in [2.05, 4.69) is 71.1 Å². The normalized spacial score (nSPS) is 11.9. The van der Waals surface area contributed by atoms with E-state index in [1.807, 2.05) is 72.8 Å². The van der Waals surface area contributed by atoms with Gasteiger partial charge in [0.15, 0.2) is 23.1 Å². The number of nitrogens with zero attached hydrogens (tertiary/aromatic N) is 5. The number of fused-ring (bicyclic) bond motifs is 12. The molecular weight excluding hydrogens is 566 g/mol. The van der Waals surface area contributed by atoms with Gasteiger partial charge in [-0.15, -0.1) is 0 Å². The number of pyridine rings is 1. The van der Waals surface area contributed by atoms with Crippen LogP contribution in [0.5, 0.6) is 0 Å². The molecule has 10 rings (SSSR count). The molecule has 4 heterocycles. The highest BCUT2D eigenvalue weighted by Crippen LogP contribution is 2.40. The molecule has 0 aliphatic rings. The molecule has 0 bridgehead atoms. The Morgan fingerprint density at radius 1 is 0.435 bits per heavy atom. The van der Waals surface area contributed by atoms with Gasteiger partial charge in [0, 0.05) is 38.2 Å². The molecule has 214 valence electrons. The van der Waals surface area contributed by atoms with Crippen LogP contribution in [-0.4, -0.2) is 24.3 Å². The first-order valence-electron chi connectivity index (χ1n) is 15.2.